The van der Waals surface area contributed by atoms with Crippen LogP contribution in [0.4, 0.5) is 5.69 Å². The lowest BCUT2D eigenvalue weighted by atomic mass is 10.1. The van der Waals surface area contributed by atoms with Crippen molar-refractivity contribution in [3.8, 4) is 0 Å². The Morgan fingerprint density at radius 3 is 2.64 bits per heavy atom. The van der Waals surface area contributed by atoms with E-state index in [1.165, 1.54) is 0 Å². The van der Waals surface area contributed by atoms with Gasteiger partial charge in [-0.15, -0.1) is 11.6 Å². The molecule has 0 aliphatic rings. The summed E-state index contributed by atoms with van der Waals surface area (Å²) in [5.41, 5.74) is 6.96. The minimum absolute atomic E-state index is 0.0365. The van der Waals surface area contributed by atoms with E-state index in [1.54, 1.807) is 24.3 Å². The molecular formula is C16H23ClN2O3. The van der Waals surface area contributed by atoms with E-state index in [4.69, 9.17) is 22.4 Å². The topological polar surface area (TPSA) is 92.4 Å². The highest BCUT2D eigenvalue weighted by Gasteiger charge is 2.12. The molecule has 0 fully saturated rings. The van der Waals surface area contributed by atoms with Gasteiger partial charge in [-0.2, -0.15) is 0 Å². The number of amides is 1. The van der Waals surface area contributed by atoms with Crippen molar-refractivity contribution < 1.29 is 14.7 Å². The molecule has 0 aliphatic heterocycles. The molecule has 1 rings (SSSR count). The Morgan fingerprint density at radius 2 is 1.95 bits per heavy atom. The van der Waals surface area contributed by atoms with Gasteiger partial charge in [-0.05, 0) is 37.0 Å². The highest BCUT2D eigenvalue weighted by Crippen LogP contribution is 2.13. The molecule has 0 saturated heterocycles. The Morgan fingerprint density at radius 1 is 1.23 bits per heavy atom. The second-order valence-corrected chi connectivity index (χ2v) is 5.63. The molecule has 1 atom stereocenters. The third-order valence-electron chi connectivity index (χ3n) is 3.27. The Bertz CT molecular complexity index is 494. The number of halogens is 1. The van der Waals surface area contributed by atoms with Crippen LogP contribution < -0.4 is 11.1 Å². The van der Waals surface area contributed by atoms with Crippen LogP contribution in [0.15, 0.2) is 24.3 Å². The Labute approximate surface area is 135 Å². The molecule has 0 saturated carbocycles. The molecule has 0 unspecified atom stereocenters. The van der Waals surface area contributed by atoms with E-state index in [-0.39, 0.29) is 12.3 Å². The number of benzene rings is 1. The fourth-order valence-corrected chi connectivity index (χ4v) is 2.26. The van der Waals surface area contributed by atoms with Gasteiger partial charge in [-0.25, -0.2) is 0 Å². The lowest BCUT2D eigenvalue weighted by Crippen LogP contribution is -2.32. The second kappa shape index (κ2) is 10.2. The number of carbonyl (C=O) groups is 2. The molecule has 4 N–H and O–H groups in total. The third kappa shape index (κ3) is 7.43. The van der Waals surface area contributed by atoms with Crippen LogP contribution in [0.1, 0.15) is 37.7 Å². The SMILES string of the molecule is N[C@@H](Cc1cccc(NC(=O)CCCCCCCl)c1)C(=O)O. The summed E-state index contributed by atoms with van der Waals surface area (Å²) < 4.78 is 0. The molecular weight excluding hydrogens is 304 g/mol. The maximum absolute atomic E-state index is 11.8. The van der Waals surface area contributed by atoms with Crippen molar-refractivity contribution in [1.29, 1.82) is 0 Å². The highest BCUT2D eigenvalue weighted by atomic mass is 35.5. The lowest BCUT2D eigenvalue weighted by Gasteiger charge is -2.09. The molecule has 22 heavy (non-hydrogen) atoms. The third-order valence-corrected chi connectivity index (χ3v) is 3.54. The minimum Gasteiger partial charge on any atom is -0.480 e. The van der Waals surface area contributed by atoms with Gasteiger partial charge in [0.25, 0.3) is 0 Å². The molecule has 6 heteroatoms. The largest absolute Gasteiger partial charge is 0.480 e. The summed E-state index contributed by atoms with van der Waals surface area (Å²) in [6.45, 7) is 0. The van der Waals surface area contributed by atoms with E-state index in [0.29, 0.717) is 18.0 Å². The number of unbranched alkanes of at least 4 members (excludes halogenated alkanes) is 3. The van der Waals surface area contributed by atoms with E-state index in [0.717, 1.165) is 31.2 Å². The van der Waals surface area contributed by atoms with Crippen LogP contribution in [0.2, 0.25) is 0 Å². The fourth-order valence-electron chi connectivity index (χ4n) is 2.07. The first-order chi connectivity index (χ1) is 10.5. The zero-order valence-corrected chi connectivity index (χ0v) is 13.3. The summed E-state index contributed by atoms with van der Waals surface area (Å²) in [6, 6.07) is 6.17. The van der Waals surface area contributed by atoms with Gasteiger partial charge in [-0.3, -0.25) is 9.59 Å². The number of hydrogen-bond acceptors (Lipinski definition) is 3. The monoisotopic (exact) mass is 326 g/mol. The van der Waals surface area contributed by atoms with E-state index < -0.39 is 12.0 Å². The quantitative estimate of drug-likeness (QED) is 0.455. The molecule has 1 aromatic rings. The number of rotatable bonds is 10. The number of hydrogen-bond donors (Lipinski definition) is 3. The molecule has 0 heterocycles. The number of alkyl halides is 1. The average molecular weight is 327 g/mol. The van der Waals surface area contributed by atoms with Gasteiger partial charge in [-0.1, -0.05) is 25.0 Å². The van der Waals surface area contributed by atoms with Gasteiger partial charge in [0.15, 0.2) is 0 Å². The predicted octanol–water partition coefficient (Wildman–Crippen LogP) is 2.77. The van der Waals surface area contributed by atoms with Crippen LogP contribution in [0.25, 0.3) is 0 Å². The van der Waals surface area contributed by atoms with E-state index in [2.05, 4.69) is 5.32 Å². The smallest absolute Gasteiger partial charge is 0.320 e. The van der Waals surface area contributed by atoms with Gasteiger partial charge in [0.05, 0.1) is 0 Å². The Balaban J connectivity index is 2.42. The number of carboxylic acids is 1. The normalized spacial score (nSPS) is 11.9. The molecule has 0 aliphatic carbocycles. The summed E-state index contributed by atoms with van der Waals surface area (Å²) in [4.78, 5) is 22.6. The van der Waals surface area contributed by atoms with Crippen LogP contribution in [-0.4, -0.2) is 28.9 Å². The zero-order chi connectivity index (χ0) is 16.4. The van der Waals surface area contributed by atoms with Gasteiger partial charge < -0.3 is 16.2 Å². The molecule has 122 valence electrons. The van der Waals surface area contributed by atoms with Gasteiger partial charge in [0, 0.05) is 18.0 Å². The molecule has 0 spiro atoms. The first-order valence-corrected chi connectivity index (χ1v) is 7.99. The van der Waals surface area contributed by atoms with Crippen molar-refractivity contribution in [3.63, 3.8) is 0 Å². The van der Waals surface area contributed by atoms with Crippen LogP contribution in [0, 0.1) is 0 Å². The number of carbonyl (C=O) groups excluding carboxylic acids is 1. The average Bonchev–Trinajstić information content (AvgIpc) is 2.47. The van der Waals surface area contributed by atoms with Crippen molar-refractivity contribution in [2.24, 2.45) is 5.73 Å². The molecule has 0 radical (unpaired) electrons. The maximum Gasteiger partial charge on any atom is 0.320 e. The first-order valence-electron chi connectivity index (χ1n) is 7.46. The minimum atomic E-state index is -1.04. The van der Waals surface area contributed by atoms with E-state index in [1.807, 2.05) is 0 Å². The van der Waals surface area contributed by atoms with Gasteiger partial charge in [0.1, 0.15) is 6.04 Å². The van der Waals surface area contributed by atoms with Gasteiger partial charge in [0.2, 0.25) is 5.91 Å². The summed E-state index contributed by atoms with van der Waals surface area (Å²) in [7, 11) is 0. The van der Waals surface area contributed by atoms with Crippen molar-refractivity contribution in [3.05, 3.63) is 29.8 Å². The number of carboxylic acid groups (broad SMARTS) is 1. The lowest BCUT2D eigenvalue weighted by molar-refractivity contribution is -0.138. The van der Waals surface area contributed by atoms with Crippen LogP contribution >= 0.6 is 11.6 Å². The highest BCUT2D eigenvalue weighted by molar-refractivity contribution is 6.17. The van der Waals surface area contributed by atoms with Crippen molar-refractivity contribution >= 4 is 29.2 Å². The van der Waals surface area contributed by atoms with Crippen LogP contribution in [0.5, 0.6) is 0 Å². The number of aliphatic carboxylic acids is 1. The van der Waals surface area contributed by atoms with Crippen molar-refractivity contribution in [1.82, 2.24) is 0 Å². The Kier molecular flexibility index (Phi) is 8.55. The summed E-state index contributed by atoms with van der Waals surface area (Å²) in [5, 5.41) is 11.6. The maximum atomic E-state index is 11.8. The summed E-state index contributed by atoms with van der Waals surface area (Å²) >= 11 is 5.60. The molecule has 0 aromatic heterocycles. The number of nitrogens with one attached hydrogen (secondary N) is 1. The van der Waals surface area contributed by atoms with Crippen molar-refractivity contribution in [2.75, 3.05) is 11.2 Å². The van der Waals surface area contributed by atoms with E-state index in [9.17, 15) is 9.59 Å². The van der Waals surface area contributed by atoms with Crippen LogP contribution in [-0.2, 0) is 16.0 Å². The van der Waals surface area contributed by atoms with E-state index >= 15 is 0 Å². The van der Waals surface area contributed by atoms with Crippen molar-refractivity contribution in [2.45, 2.75) is 44.6 Å². The zero-order valence-electron chi connectivity index (χ0n) is 12.6. The number of anilines is 1. The first kappa shape index (κ1) is 18.5. The summed E-state index contributed by atoms with van der Waals surface area (Å²) in [6.07, 6.45) is 4.56. The predicted molar refractivity (Wildman–Crippen MR) is 88.2 cm³/mol. The molecule has 0 bridgehead atoms. The molecule has 1 amide bonds. The van der Waals surface area contributed by atoms with Crippen LogP contribution in [0.3, 0.4) is 0 Å². The molecule has 1 aromatic carbocycles. The molecule has 5 nitrogen and oxygen atoms in total. The standard InChI is InChI=1S/C16H23ClN2O3/c17-9-4-2-1-3-8-15(20)19-13-7-5-6-12(10-13)11-14(18)16(21)22/h5-7,10,14H,1-4,8-9,11,18H2,(H,19,20)(H,21,22)/t14-/m0/s1. The Hall–Kier alpha value is -1.59. The van der Waals surface area contributed by atoms with Gasteiger partial charge >= 0.3 is 5.97 Å². The second-order valence-electron chi connectivity index (χ2n) is 5.25. The number of nitrogens with two attached hydrogens (primary N) is 1. The fraction of sp³-hybridized carbons (Fsp3) is 0.500. The summed E-state index contributed by atoms with van der Waals surface area (Å²) in [5.74, 6) is -0.408.